The maximum atomic E-state index is 11.5. The minimum Gasteiger partial charge on any atom is -0.481 e. The number of rotatable bonds is 11. The number of nitrogens with one attached hydrogen (secondary N) is 1. The van der Waals surface area contributed by atoms with Crippen LogP contribution in [0.2, 0.25) is 0 Å². The molecule has 0 aromatic heterocycles. The SMILES string of the molecule is O=C(O)CC[C@H](NCC(=O)[C@H](O)[C@H](O)[C@H](O)CO)C(=O)O. The van der Waals surface area contributed by atoms with Crippen molar-refractivity contribution < 1.29 is 45.0 Å². The summed E-state index contributed by atoms with van der Waals surface area (Å²) in [4.78, 5) is 32.7. The third-order valence-electron chi connectivity index (χ3n) is 2.70. The van der Waals surface area contributed by atoms with Crippen LogP contribution < -0.4 is 5.32 Å². The first-order chi connectivity index (χ1) is 9.70. The Labute approximate surface area is 119 Å². The van der Waals surface area contributed by atoms with E-state index in [0.29, 0.717) is 0 Å². The van der Waals surface area contributed by atoms with Crippen LogP contribution in [0.1, 0.15) is 12.8 Å². The first-order valence-corrected chi connectivity index (χ1v) is 6.06. The van der Waals surface area contributed by atoms with Gasteiger partial charge < -0.3 is 30.6 Å². The third-order valence-corrected chi connectivity index (χ3v) is 2.70. The summed E-state index contributed by atoms with van der Waals surface area (Å²) in [7, 11) is 0. The van der Waals surface area contributed by atoms with Crippen LogP contribution in [-0.4, -0.2) is 85.9 Å². The molecule has 0 saturated carbocycles. The van der Waals surface area contributed by atoms with Crippen LogP contribution in [-0.2, 0) is 14.4 Å². The van der Waals surface area contributed by atoms with E-state index in [4.69, 9.17) is 20.4 Å². The lowest BCUT2D eigenvalue weighted by molar-refractivity contribution is -0.142. The van der Waals surface area contributed by atoms with Gasteiger partial charge in [0.25, 0.3) is 0 Å². The van der Waals surface area contributed by atoms with Crippen molar-refractivity contribution in [3.8, 4) is 0 Å². The molecule has 0 aromatic carbocycles. The first-order valence-electron chi connectivity index (χ1n) is 6.06. The van der Waals surface area contributed by atoms with Crippen LogP contribution in [0.25, 0.3) is 0 Å². The number of carboxylic acid groups (broad SMARTS) is 2. The summed E-state index contributed by atoms with van der Waals surface area (Å²) in [6, 6.07) is -1.31. The Kier molecular flexibility index (Phi) is 8.66. The topological polar surface area (TPSA) is 185 Å². The fourth-order valence-electron chi connectivity index (χ4n) is 1.42. The summed E-state index contributed by atoms with van der Waals surface area (Å²) in [5, 5.41) is 55.9. The van der Waals surface area contributed by atoms with Crippen molar-refractivity contribution in [1.82, 2.24) is 5.32 Å². The van der Waals surface area contributed by atoms with Gasteiger partial charge in [-0.05, 0) is 6.42 Å². The van der Waals surface area contributed by atoms with Gasteiger partial charge >= 0.3 is 11.9 Å². The molecule has 0 fully saturated rings. The molecule has 4 atom stereocenters. The Morgan fingerprint density at radius 3 is 2.05 bits per heavy atom. The predicted molar refractivity (Wildman–Crippen MR) is 66.4 cm³/mol. The Morgan fingerprint density at radius 2 is 1.62 bits per heavy atom. The minimum atomic E-state index is -2.01. The van der Waals surface area contributed by atoms with Crippen molar-refractivity contribution in [3.05, 3.63) is 0 Å². The molecule has 0 amide bonds. The van der Waals surface area contributed by atoms with Crippen LogP contribution in [0.5, 0.6) is 0 Å². The molecule has 0 aliphatic heterocycles. The second-order valence-electron chi connectivity index (χ2n) is 4.36. The summed E-state index contributed by atoms with van der Waals surface area (Å²) < 4.78 is 0. The van der Waals surface area contributed by atoms with Crippen LogP contribution >= 0.6 is 0 Å². The molecule has 10 heteroatoms. The molecule has 0 unspecified atom stereocenters. The van der Waals surface area contributed by atoms with Crippen LogP contribution in [0, 0.1) is 0 Å². The van der Waals surface area contributed by atoms with E-state index in [-0.39, 0.29) is 6.42 Å². The van der Waals surface area contributed by atoms with Crippen molar-refractivity contribution in [1.29, 1.82) is 0 Å². The quantitative estimate of drug-likeness (QED) is 0.202. The number of carboxylic acids is 2. The highest BCUT2D eigenvalue weighted by molar-refractivity contribution is 5.86. The molecular weight excluding hydrogens is 290 g/mol. The molecule has 0 spiro atoms. The van der Waals surface area contributed by atoms with Gasteiger partial charge in [0.2, 0.25) is 0 Å². The number of carbonyl (C=O) groups is 3. The molecule has 0 aliphatic carbocycles. The Morgan fingerprint density at radius 1 is 1.05 bits per heavy atom. The maximum Gasteiger partial charge on any atom is 0.320 e. The number of ketones is 1. The van der Waals surface area contributed by atoms with Gasteiger partial charge in [-0.3, -0.25) is 19.7 Å². The number of carbonyl (C=O) groups excluding carboxylic acids is 1. The summed E-state index contributed by atoms with van der Waals surface area (Å²) in [5.74, 6) is -3.57. The maximum absolute atomic E-state index is 11.5. The molecule has 7 N–H and O–H groups in total. The number of hydrogen-bond donors (Lipinski definition) is 7. The Balaban J connectivity index is 4.41. The Bertz CT molecular complexity index is 373. The summed E-state index contributed by atoms with van der Waals surface area (Å²) in [5.41, 5.74) is 0. The second kappa shape index (κ2) is 9.37. The van der Waals surface area contributed by atoms with Crippen molar-refractivity contribution in [2.45, 2.75) is 37.2 Å². The number of aliphatic hydroxyl groups excluding tert-OH is 4. The van der Waals surface area contributed by atoms with E-state index < -0.39 is 61.6 Å². The molecule has 0 rings (SSSR count). The zero-order chi connectivity index (χ0) is 16.6. The van der Waals surface area contributed by atoms with E-state index in [1.54, 1.807) is 0 Å². The van der Waals surface area contributed by atoms with Crippen molar-refractivity contribution in [2.75, 3.05) is 13.2 Å². The smallest absolute Gasteiger partial charge is 0.320 e. The van der Waals surface area contributed by atoms with Gasteiger partial charge in [-0.15, -0.1) is 0 Å². The molecule has 0 radical (unpaired) electrons. The van der Waals surface area contributed by atoms with E-state index in [2.05, 4.69) is 5.32 Å². The zero-order valence-electron chi connectivity index (χ0n) is 11.0. The molecule has 10 nitrogen and oxygen atoms in total. The highest BCUT2D eigenvalue weighted by Crippen LogP contribution is 2.02. The fourth-order valence-corrected chi connectivity index (χ4v) is 1.42. The molecule has 0 aliphatic rings. The van der Waals surface area contributed by atoms with Gasteiger partial charge in [-0.25, -0.2) is 0 Å². The van der Waals surface area contributed by atoms with E-state index >= 15 is 0 Å². The minimum absolute atomic E-state index is 0.268. The standard InChI is InChI=1S/C11H19NO9/c13-4-7(15)10(19)9(18)6(14)3-12-5(11(20)21)1-2-8(16)17/h5,7,9-10,12-13,15,18-19H,1-4H2,(H,16,17)(H,20,21)/t5-,7+,9-,10+/m0/s1. The lowest BCUT2D eigenvalue weighted by atomic mass is 10.0. The van der Waals surface area contributed by atoms with Gasteiger partial charge in [0, 0.05) is 6.42 Å². The highest BCUT2D eigenvalue weighted by Gasteiger charge is 2.30. The largest absolute Gasteiger partial charge is 0.481 e. The normalized spacial score (nSPS) is 16.8. The molecule has 122 valence electrons. The average Bonchev–Trinajstić information content (AvgIpc) is 2.43. The predicted octanol–water partition coefficient (Wildman–Crippen LogP) is -3.46. The molecular formula is C11H19NO9. The van der Waals surface area contributed by atoms with Gasteiger partial charge in [-0.1, -0.05) is 0 Å². The van der Waals surface area contributed by atoms with Crippen LogP contribution in [0.3, 0.4) is 0 Å². The van der Waals surface area contributed by atoms with Gasteiger partial charge in [0.15, 0.2) is 5.78 Å². The average molecular weight is 309 g/mol. The second-order valence-corrected chi connectivity index (χ2v) is 4.36. The number of Topliss-reactive ketones (excluding diaryl/α,β-unsaturated/α-hetero) is 1. The van der Waals surface area contributed by atoms with Crippen molar-refractivity contribution in [3.63, 3.8) is 0 Å². The van der Waals surface area contributed by atoms with Gasteiger partial charge in [-0.2, -0.15) is 0 Å². The van der Waals surface area contributed by atoms with Crippen LogP contribution in [0.4, 0.5) is 0 Å². The zero-order valence-corrected chi connectivity index (χ0v) is 11.0. The monoisotopic (exact) mass is 309 g/mol. The summed E-state index contributed by atoms with van der Waals surface area (Å²) in [6.45, 7) is -1.51. The van der Waals surface area contributed by atoms with E-state index in [1.807, 2.05) is 0 Å². The van der Waals surface area contributed by atoms with Crippen molar-refractivity contribution >= 4 is 17.7 Å². The van der Waals surface area contributed by atoms with Gasteiger partial charge in [0.1, 0.15) is 24.4 Å². The third kappa shape index (κ3) is 7.11. The number of aliphatic hydroxyl groups is 4. The molecule has 0 heterocycles. The Hall–Kier alpha value is -1.59. The van der Waals surface area contributed by atoms with Crippen molar-refractivity contribution in [2.24, 2.45) is 0 Å². The molecule has 0 bridgehead atoms. The summed E-state index contributed by atoms with van der Waals surface area (Å²) in [6.07, 6.45) is -6.33. The highest BCUT2D eigenvalue weighted by atomic mass is 16.4. The van der Waals surface area contributed by atoms with E-state index in [0.717, 1.165) is 0 Å². The first kappa shape index (κ1) is 19.4. The molecule has 21 heavy (non-hydrogen) atoms. The van der Waals surface area contributed by atoms with E-state index in [1.165, 1.54) is 0 Å². The van der Waals surface area contributed by atoms with E-state index in [9.17, 15) is 24.6 Å². The fraction of sp³-hybridized carbons (Fsp3) is 0.727. The molecule has 0 aromatic rings. The molecule has 0 saturated heterocycles. The lowest BCUT2D eigenvalue weighted by Crippen LogP contribution is -2.48. The number of hydrogen-bond acceptors (Lipinski definition) is 8. The van der Waals surface area contributed by atoms with Crippen LogP contribution in [0.15, 0.2) is 0 Å². The summed E-state index contributed by atoms with van der Waals surface area (Å²) >= 11 is 0. The van der Waals surface area contributed by atoms with Gasteiger partial charge in [0.05, 0.1) is 13.2 Å². The number of aliphatic carboxylic acids is 2. The lowest BCUT2D eigenvalue weighted by Gasteiger charge is -2.21.